The number of hydrogen-bond donors (Lipinski definition) is 3. The minimum atomic E-state index is -0.0197. The third-order valence-electron chi connectivity index (χ3n) is 5.58. The van der Waals surface area contributed by atoms with Crippen molar-refractivity contribution in [1.82, 2.24) is 15.5 Å². The molecule has 0 saturated carbocycles. The summed E-state index contributed by atoms with van der Waals surface area (Å²) in [6, 6.07) is 6.02. The molecule has 1 aromatic carbocycles. The Morgan fingerprint density at radius 3 is 2.85 bits per heavy atom. The van der Waals surface area contributed by atoms with Gasteiger partial charge in [0.25, 0.3) is 5.91 Å². The van der Waals surface area contributed by atoms with Crippen molar-refractivity contribution in [2.24, 2.45) is 11.8 Å². The van der Waals surface area contributed by atoms with Crippen LogP contribution in [-0.4, -0.2) is 56.0 Å². The lowest BCUT2D eigenvalue weighted by atomic mass is 9.91. The average molecular weight is 358 g/mol. The Balaban J connectivity index is 1.72. The van der Waals surface area contributed by atoms with Crippen molar-refractivity contribution in [1.29, 1.82) is 0 Å². The Hall–Kier alpha value is -2.08. The van der Waals surface area contributed by atoms with Gasteiger partial charge >= 0.3 is 0 Å². The second-order valence-corrected chi connectivity index (χ2v) is 7.73. The minimum Gasteiger partial charge on any atom is -0.384 e. The quantitative estimate of drug-likeness (QED) is 0.745. The molecule has 0 bridgehead atoms. The van der Waals surface area contributed by atoms with Gasteiger partial charge in [-0.1, -0.05) is 26.0 Å². The lowest BCUT2D eigenvalue weighted by molar-refractivity contribution is -0.121. The van der Waals surface area contributed by atoms with Gasteiger partial charge < -0.3 is 16.0 Å². The molecule has 0 unspecified atom stereocenters. The number of amides is 2. The highest BCUT2D eigenvalue weighted by Crippen LogP contribution is 2.28. The van der Waals surface area contributed by atoms with Crippen LogP contribution in [0.15, 0.2) is 18.2 Å². The maximum absolute atomic E-state index is 13.0. The maximum atomic E-state index is 13.0. The monoisotopic (exact) mass is 358 g/mol. The number of hydrogen-bond acceptors (Lipinski definition) is 4. The first-order valence-corrected chi connectivity index (χ1v) is 9.59. The Morgan fingerprint density at radius 2 is 2.12 bits per heavy atom. The molecule has 6 nitrogen and oxygen atoms in total. The van der Waals surface area contributed by atoms with E-state index in [2.05, 4.69) is 40.8 Å². The van der Waals surface area contributed by atoms with E-state index in [1.165, 1.54) is 5.56 Å². The van der Waals surface area contributed by atoms with Crippen molar-refractivity contribution < 1.29 is 9.59 Å². The van der Waals surface area contributed by atoms with Crippen LogP contribution in [0.1, 0.15) is 36.2 Å². The summed E-state index contributed by atoms with van der Waals surface area (Å²) >= 11 is 0. The molecule has 2 heterocycles. The largest absolute Gasteiger partial charge is 0.384 e. The van der Waals surface area contributed by atoms with Crippen LogP contribution in [0.2, 0.25) is 0 Å². The smallest absolute Gasteiger partial charge is 0.253 e. The first-order chi connectivity index (χ1) is 12.5. The van der Waals surface area contributed by atoms with Crippen molar-refractivity contribution in [3.63, 3.8) is 0 Å². The fourth-order valence-corrected chi connectivity index (χ4v) is 4.10. The van der Waals surface area contributed by atoms with E-state index in [9.17, 15) is 9.59 Å². The molecule has 0 radical (unpaired) electrons. The number of nitrogens with zero attached hydrogens (tertiary/aromatic N) is 1. The first kappa shape index (κ1) is 18.7. The average Bonchev–Trinajstić information content (AvgIpc) is 3.03. The van der Waals surface area contributed by atoms with E-state index in [0.29, 0.717) is 24.9 Å². The number of carbonyl (C=O) groups is 2. The molecule has 3 N–H and O–H groups in total. The molecule has 1 fully saturated rings. The number of fused-ring (bicyclic) bond motifs is 1. The van der Waals surface area contributed by atoms with Crippen molar-refractivity contribution in [3.8, 4) is 0 Å². The normalized spacial score (nSPS) is 22.6. The second kappa shape index (κ2) is 8.08. The van der Waals surface area contributed by atoms with Crippen molar-refractivity contribution >= 4 is 17.5 Å². The second-order valence-electron chi connectivity index (χ2n) is 7.73. The number of nitrogens with one attached hydrogen (secondary N) is 3. The highest BCUT2D eigenvalue weighted by Gasteiger charge is 2.36. The Kier molecular flexibility index (Phi) is 5.81. The molecule has 2 atom stereocenters. The summed E-state index contributed by atoms with van der Waals surface area (Å²) in [5.41, 5.74) is 2.93. The van der Waals surface area contributed by atoms with Crippen LogP contribution >= 0.6 is 0 Å². The predicted molar refractivity (Wildman–Crippen MR) is 103 cm³/mol. The summed E-state index contributed by atoms with van der Waals surface area (Å²) in [7, 11) is 1.66. The summed E-state index contributed by atoms with van der Waals surface area (Å²) in [6.45, 7) is 7.20. The Bertz CT molecular complexity index is 674. The molecule has 26 heavy (non-hydrogen) atoms. The van der Waals surface area contributed by atoms with Gasteiger partial charge in [0, 0.05) is 32.7 Å². The molecule has 0 spiro atoms. The van der Waals surface area contributed by atoms with Gasteiger partial charge in [0.05, 0.1) is 17.8 Å². The van der Waals surface area contributed by atoms with Gasteiger partial charge in [-0.3, -0.25) is 14.5 Å². The van der Waals surface area contributed by atoms with E-state index in [0.717, 1.165) is 37.2 Å². The lowest BCUT2D eigenvalue weighted by Gasteiger charge is -2.25. The summed E-state index contributed by atoms with van der Waals surface area (Å²) in [4.78, 5) is 26.8. The van der Waals surface area contributed by atoms with E-state index in [1.807, 2.05) is 12.1 Å². The Morgan fingerprint density at radius 1 is 1.31 bits per heavy atom. The van der Waals surface area contributed by atoms with Crippen LogP contribution in [0.3, 0.4) is 0 Å². The van der Waals surface area contributed by atoms with Gasteiger partial charge in [-0.05, 0) is 36.3 Å². The third-order valence-corrected chi connectivity index (χ3v) is 5.58. The van der Waals surface area contributed by atoms with Crippen LogP contribution in [0.5, 0.6) is 0 Å². The van der Waals surface area contributed by atoms with Crippen LogP contribution in [0.4, 0.5) is 5.69 Å². The fourth-order valence-electron chi connectivity index (χ4n) is 4.10. The van der Waals surface area contributed by atoms with E-state index in [4.69, 9.17) is 0 Å². The van der Waals surface area contributed by atoms with E-state index in [-0.39, 0.29) is 17.9 Å². The number of likely N-dealkylation sites (tertiary alicyclic amines) is 1. The summed E-state index contributed by atoms with van der Waals surface area (Å²) in [5, 5.41) is 9.31. The SMILES string of the molecule is CNC(=O)CN1C[C@H](NC(=O)c2cccc3c2NCCC3)[C@@H](C(C)C)C1. The molecule has 2 amide bonds. The first-order valence-electron chi connectivity index (χ1n) is 9.59. The molecule has 6 heteroatoms. The van der Waals surface area contributed by atoms with E-state index >= 15 is 0 Å². The zero-order chi connectivity index (χ0) is 18.7. The van der Waals surface area contributed by atoms with Crippen molar-refractivity contribution in [2.75, 3.05) is 38.5 Å². The van der Waals surface area contributed by atoms with Crippen molar-refractivity contribution in [2.45, 2.75) is 32.7 Å². The van der Waals surface area contributed by atoms with Gasteiger partial charge in [0.15, 0.2) is 0 Å². The standard InChI is InChI=1S/C20H30N4O2/c1-13(2)16-10-24(12-18(25)21-3)11-17(16)23-20(26)15-8-4-6-14-7-5-9-22-19(14)15/h4,6,8,13,16-17,22H,5,7,9-12H2,1-3H3,(H,21,25)(H,23,26)/t16-,17+/m1/s1. The van der Waals surface area contributed by atoms with Crippen LogP contribution in [-0.2, 0) is 11.2 Å². The van der Waals surface area contributed by atoms with Gasteiger partial charge in [-0.15, -0.1) is 0 Å². The summed E-state index contributed by atoms with van der Waals surface area (Å²) < 4.78 is 0. The van der Waals surface area contributed by atoms with E-state index < -0.39 is 0 Å². The number of rotatable bonds is 5. The molecule has 0 aliphatic carbocycles. The minimum absolute atomic E-state index is 0.0146. The van der Waals surface area contributed by atoms with Gasteiger partial charge in [-0.2, -0.15) is 0 Å². The van der Waals surface area contributed by atoms with E-state index in [1.54, 1.807) is 7.05 Å². The van der Waals surface area contributed by atoms with Crippen LogP contribution in [0.25, 0.3) is 0 Å². The molecule has 0 aromatic heterocycles. The number of likely N-dealkylation sites (N-methyl/N-ethyl adjacent to an activating group) is 1. The molecule has 2 aliphatic heterocycles. The number of aryl methyl sites for hydroxylation is 1. The number of para-hydroxylation sites is 1. The van der Waals surface area contributed by atoms with Crippen LogP contribution in [0, 0.1) is 11.8 Å². The summed E-state index contributed by atoms with van der Waals surface area (Å²) in [5.74, 6) is 0.781. The zero-order valence-electron chi connectivity index (χ0n) is 16.0. The fraction of sp³-hybridized carbons (Fsp3) is 0.600. The molecule has 2 aliphatic rings. The highest BCUT2D eigenvalue weighted by atomic mass is 16.2. The van der Waals surface area contributed by atoms with Gasteiger partial charge in [0.1, 0.15) is 0 Å². The number of carbonyl (C=O) groups excluding carboxylic acids is 2. The Labute approximate surface area is 155 Å². The number of anilines is 1. The van der Waals surface area contributed by atoms with Gasteiger partial charge in [0.2, 0.25) is 5.91 Å². The molecule has 1 saturated heterocycles. The third kappa shape index (κ3) is 4.01. The lowest BCUT2D eigenvalue weighted by Crippen LogP contribution is -2.42. The zero-order valence-corrected chi connectivity index (χ0v) is 16.0. The predicted octanol–water partition coefficient (Wildman–Crippen LogP) is 1.48. The molecular formula is C20H30N4O2. The van der Waals surface area contributed by atoms with Crippen molar-refractivity contribution in [3.05, 3.63) is 29.3 Å². The molecule has 142 valence electrons. The molecule has 3 rings (SSSR count). The maximum Gasteiger partial charge on any atom is 0.253 e. The summed E-state index contributed by atoms with van der Waals surface area (Å²) in [6.07, 6.45) is 2.12. The van der Waals surface area contributed by atoms with Crippen LogP contribution < -0.4 is 16.0 Å². The highest BCUT2D eigenvalue weighted by molar-refractivity contribution is 6.00. The molecule has 1 aromatic rings. The topological polar surface area (TPSA) is 73.5 Å². The molecular weight excluding hydrogens is 328 g/mol. The number of benzene rings is 1. The van der Waals surface area contributed by atoms with Gasteiger partial charge in [-0.25, -0.2) is 0 Å².